The maximum atomic E-state index is 11.6. The predicted molar refractivity (Wildman–Crippen MR) is 88.7 cm³/mol. The van der Waals surface area contributed by atoms with Gasteiger partial charge in [0, 0.05) is 11.8 Å². The van der Waals surface area contributed by atoms with Crippen LogP contribution in [-0.2, 0) is 0 Å². The molecule has 1 aromatic carbocycles. The Kier molecular flexibility index (Phi) is 3.17. The van der Waals surface area contributed by atoms with Gasteiger partial charge in [-0.2, -0.15) is 5.10 Å². The Morgan fingerprint density at radius 1 is 1.09 bits per heavy atom. The topological polar surface area (TPSA) is 67.5 Å². The number of benzene rings is 1. The molecule has 0 saturated carbocycles. The van der Waals surface area contributed by atoms with Crippen LogP contribution in [0.1, 0.15) is 9.67 Å². The summed E-state index contributed by atoms with van der Waals surface area (Å²) < 4.78 is 1.75. The third-order valence-electron chi connectivity index (χ3n) is 3.53. The molecule has 0 unspecified atom stereocenters. The third kappa shape index (κ3) is 2.29. The highest BCUT2D eigenvalue weighted by Crippen LogP contribution is 2.35. The number of thiazole rings is 1. The Bertz CT molecular complexity index is 1010. The highest BCUT2D eigenvalue weighted by molar-refractivity contribution is 7.17. The van der Waals surface area contributed by atoms with Crippen LogP contribution in [0.25, 0.3) is 27.3 Å². The lowest BCUT2D eigenvalue weighted by atomic mass is 10.1. The van der Waals surface area contributed by atoms with E-state index in [1.165, 1.54) is 11.3 Å². The highest BCUT2D eigenvalue weighted by atomic mass is 32.1. The number of hydrogen-bond donors (Lipinski definition) is 1. The number of pyridine rings is 1. The maximum Gasteiger partial charge on any atom is 0.348 e. The van der Waals surface area contributed by atoms with E-state index in [9.17, 15) is 9.90 Å². The van der Waals surface area contributed by atoms with Gasteiger partial charge in [0.25, 0.3) is 0 Å². The second-order valence-corrected chi connectivity index (χ2v) is 5.96. The van der Waals surface area contributed by atoms with Gasteiger partial charge in [-0.05, 0) is 12.1 Å². The van der Waals surface area contributed by atoms with E-state index in [4.69, 9.17) is 0 Å². The van der Waals surface area contributed by atoms with Crippen LogP contribution in [-0.4, -0.2) is 25.7 Å². The van der Waals surface area contributed by atoms with Gasteiger partial charge in [-0.15, -0.1) is 11.3 Å². The van der Waals surface area contributed by atoms with Gasteiger partial charge in [-0.25, -0.2) is 14.3 Å². The van der Waals surface area contributed by atoms with Crippen molar-refractivity contribution >= 4 is 22.8 Å². The molecule has 1 N–H and O–H groups in total. The molecule has 0 bridgehead atoms. The number of aromatic nitrogens is 3. The van der Waals surface area contributed by atoms with Crippen LogP contribution in [0.15, 0.2) is 60.9 Å². The summed E-state index contributed by atoms with van der Waals surface area (Å²) in [5.74, 6) is -0.968. The third-order valence-corrected chi connectivity index (χ3v) is 4.60. The van der Waals surface area contributed by atoms with E-state index in [0.29, 0.717) is 10.7 Å². The first-order valence-corrected chi connectivity index (χ1v) is 7.78. The number of fused-ring (bicyclic) bond motifs is 1. The van der Waals surface area contributed by atoms with Crippen molar-refractivity contribution in [2.24, 2.45) is 0 Å². The summed E-state index contributed by atoms with van der Waals surface area (Å²) >= 11 is 1.17. The van der Waals surface area contributed by atoms with Crippen LogP contribution >= 0.6 is 11.3 Å². The van der Waals surface area contributed by atoms with Crippen molar-refractivity contribution in [2.45, 2.75) is 0 Å². The summed E-state index contributed by atoms with van der Waals surface area (Å²) in [6, 6.07) is 15.1. The molecule has 23 heavy (non-hydrogen) atoms. The lowest BCUT2D eigenvalue weighted by Gasteiger charge is -1.97. The summed E-state index contributed by atoms with van der Waals surface area (Å²) in [5, 5.41) is 14.4. The molecule has 0 saturated heterocycles. The fourth-order valence-corrected chi connectivity index (χ4v) is 3.42. The van der Waals surface area contributed by atoms with Gasteiger partial charge in [0.2, 0.25) is 0 Å². The molecule has 4 rings (SSSR count). The van der Waals surface area contributed by atoms with Gasteiger partial charge < -0.3 is 5.11 Å². The second-order valence-electron chi connectivity index (χ2n) is 4.96. The van der Waals surface area contributed by atoms with Crippen LogP contribution in [0.3, 0.4) is 0 Å². The van der Waals surface area contributed by atoms with E-state index in [-0.39, 0.29) is 4.88 Å². The first-order valence-electron chi connectivity index (χ1n) is 6.96. The van der Waals surface area contributed by atoms with Crippen LogP contribution in [0.4, 0.5) is 0 Å². The molecule has 0 spiro atoms. The lowest BCUT2D eigenvalue weighted by molar-refractivity contribution is 0.0702. The molecule has 3 aromatic heterocycles. The zero-order chi connectivity index (χ0) is 15.8. The minimum atomic E-state index is -0.968. The van der Waals surface area contributed by atoms with Crippen LogP contribution < -0.4 is 0 Å². The second kappa shape index (κ2) is 5.33. The van der Waals surface area contributed by atoms with E-state index < -0.39 is 5.97 Å². The number of carbonyl (C=O) groups is 1. The Balaban J connectivity index is 1.93. The number of hydrogen-bond acceptors (Lipinski definition) is 4. The average Bonchev–Trinajstić information content (AvgIpc) is 3.19. The standard InChI is InChI=1S/C17H11N3O2S/c21-17(22)15-14(11-6-2-1-3-7-11)19-16(23-15)12-10-18-20-9-5-4-8-13(12)20/h1-10H,(H,21,22). The zero-order valence-electron chi connectivity index (χ0n) is 11.9. The SMILES string of the molecule is O=C(O)c1sc(-c2cnn3ccccc23)nc1-c1ccccc1. The molecule has 0 amide bonds. The van der Waals surface area contributed by atoms with Crippen molar-refractivity contribution in [1.29, 1.82) is 0 Å². The maximum absolute atomic E-state index is 11.6. The summed E-state index contributed by atoms with van der Waals surface area (Å²) in [6.07, 6.45) is 3.57. The van der Waals surface area contributed by atoms with Gasteiger partial charge in [0.15, 0.2) is 0 Å². The Labute approximate surface area is 135 Å². The summed E-state index contributed by atoms with van der Waals surface area (Å²) in [5.41, 5.74) is 3.02. The summed E-state index contributed by atoms with van der Waals surface area (Å²) in [6.45, 7) is 0. The van der Waals surface area contributed by atoms with E-state index >= 15 is 0 Å². The fourth-order valence-electron chi connectivity index (χ4n) is 2.47. The lowest BCUT2D eigenvalue weighted by Crippen LogP contribution is -1.95. The quantitative estimate of drug-likeness (QED) is 0.623. The monoisotopic (exact) mass is 321 g/mol. The molecule has 0 fully saturated rings. The molecule has 0 atom stereocenters. The number of aromatic carboxylic acids is 1. The smallest absolute Gasteiger partial charge is 0.348 e. The van der Waals surface area contributed by atoms with Gasteiger partial charge in [-0.1, -0.05) is 36.4 Å². The molecule has 4 aromatic rings. The molecule has 112 valence electrons. The average molecular weight is 321 g/mol. The van der Waals surface area contributed by atoms with E-state index in [1.54, 1.807) is 10.7 Å². The molecule has 0 aliphatic carbocycles. The number of nitrogens with zero attached hydrogens (tertiary/aromatic N) is 3. The summed E-state index contributed by atoms with van der Waals surface area (Å²) in [4.78, 5) is 16.4. The number of carboxylic acids is 1. The molecule has 5 nitrogen and oxygen atoms in total. The number of rotatable bonds is 3. The molecular weight excluding hydrogens is 310 g/mol. The van der Waals surface area contributed by atoms with Gasteiger partial charge in [-0.3, -0.25) is 0 Å². The predicted octanol–water partition coefficient (Wildman–Crippen LogP) is 3.82. The fraction of sp³-hybridized carbons (Fsp3) is 0. The van der Waals surface area contributed by atoms with Crippen molar-refractivity contribution in [1.82, 2.24) is 14.6 Å². The van der Waals surface area contributed by atoms with Crippen molar-refractivity contribution in [3.8, 4) is 21.8 Å². The van der Waals surface area contributed by atoms with Crippen LogP contribution in [0, 0.1) is 0 Å². The molecule has 0 radical (unpaired) electrons. The Hall–Kier alpha value is -2.99. The minimum absolute atomic E-state index is 0.237. The first kappa shape index (κ1) is 13.7. The van der Waals surface area contributed by atoms with Crippen molar-refractivity contribution in [2.75, 3.05) is 0 Å². The Morgan fingerprint density at radius 3 is 2.65 bits per heavy atom. The highest BCUT2D eigenvalue weighted by Gasteiger charge is 2.21. The largest absolute Gasteiger partial charge is 0.477 e. The van der Waals surface area contributed by atoms with Gasteiger partial charge in [0.1, 0.15) is 9.88 Å². The molecular formula is C17H11N3O2S. The minimum Gasteiger partial charge on any atom is -0.477 e. The van der Waals surface area contributed by atoms with E-state index in [1.807, 2.05) is 54.7 Å². The van der Waals surface area contributed by atoms with E-state index in [2.05, 4.69) is 10.1 Å². The Morgan fingerprint density at radius 2 is 1.87 bits per heavy atom. The summed E-state index contributed by atoms with van der Waals surface area (Å²) in [7, 11) is 0. The molecule has 0 aliphatic rings. The van der Waals surface area contributed by atoms with Crippen molar-refractivity contribution in [3.63, 3.8) is 0 Å². The first-order chi connectivity index (χ1) is 11.2. The van der Waals surface area contributed by atoms with E-state index in [0.717, 1.165) is 16.6 Å². The van der Waals surface area contributed by atoms with Gasteiger partial charge >= 0.3 is 5.97 Å². The van der Waals surface area contributed by atoms with Crippen molar-refractivity contribution in [3.05, 3.63) is 65.8 Å². The molecule has 0 aliphatic heterocycles. The van der Waals surface area contributed by atoms with Gasteiger partial charge in [0.05, 0.1) is 23.0 Å². The van der Waals surface area contributed by atoms with Crippen LogP contribution in [0.5, 0.6) is 0 Å². The normalized spacial score (nSPS) is 11.0. The zero-order valence-corrected chi connectivity index (χ0v) is 12.7. The molecule has 6 heteroatoms. The molecule has 3 heterocycles. The van der Waals surface area contributed by atoms with Crippen molar-refractivity contribution < 1.29 is 9.90 Å². The van der Waals surface area contributed by atoms with Crippen LogP contribution in [0.2, 0.25) is 0 Å². The number of carboxylic acid groups (broad SMARTS) is 1.